The molecule has 4 nitrogen and oxygen atoms in total. The molecule has 0 fully saturated rings. The molecule has 0 unspecified atom stereocenters. The number of oxazole rings is 1. The van der Waals surface area contributed by atoms with Crippen molar-refractivity contribution >= 4 is 47.4 Å². The van der Waals surface area contributed by atoms with Crippen LogP contribution in [0.2, 0.25) is 0 Å². The number of nitrogens with one attached hydrogen (secondary N) is 1. The Morgan fingerprint density at radius 2 is 1.55 bits per heavy atom. The van der Waals surface area contributed by atoms with Gasteiger partial charge in [0.05, 0.1) is 11.0 Å². The highest BCUT2D eigenvalue weighted by atomic mass is 32.1. The summed E-state index contributed by atoms with van der Waals surface area (Å²) >= 11 is 8.04. The van der Waals surface area contributed by atoms with Crippen LogP contribution in [0.15, 0.2) is 63.3 Å². The molecule has 0 saturated heterocycles. The number of imidazole rings is 1. The van der Waals surface area contributed by atoms with Crippen molar-refractivity contribution in [2.24, 2.45) is 0 Å². The molecular formula is C14H11N3OS2. The van der Waals surface area contributed by atoms with E-state index >= 15 is 0 Å². The average molecular weight is 301 g/mol. The first-order valence-corrected chi connectivity index (χ1v) is 6.80. The first kappa shape index (κ1) is 13.1. The van der Waals surface area contributed by atoms with Gasteiger partial charge < -0.3 is 9.40 Å². The number of benzene rings is 2. The van der Waals surface area contributed by atoms with Crippen molar-refractivity contribution in [1.29, 1.82) is 0 Å². The van der Waals surface area contributed by atoms with Gasteiger partial charge in [-0.3, -0.25) is 0 Å². The van der Waals surface area contributed by atoms with Crippen LogP contribution in [0.4, 0.5) is 0 Å². The van der Waals surface area contributed by atoms with Gasteiger partial charge in [-0.25, -0.2) is 9.97 Å². The second kappa shape index (κ2) is 5.60. The first-order valence-electron chi connectivity index (χ1n) is 5.90. The lowest BCUT2D eigenvalue weighted by molar-refractivity contribution is 0.492. The highest BCUT2D eigenvalue weighted by Gasteiger charge is 1.98. The summed E-state index contributed by atoms with van der Waals surface area (Å²) in [6, 6.07) is 15.4. The zero-order chi connectivity index (χ0) is 13.9. The molecule has 0 aliphatic heterocycles. The third kappa shape index (κ3) is 2.81. The van der Waals surface area contributed by atoms with Crippen molar-refractivity contribution in [2.75, 3.05) is 0 Å². The summed E-state index contributed by atoms with van der Waals surface area (Å²) in [5.74, 6) is 0. The summed E-state index contributed by atoms with van der Waals surface area (Å²) in [7, 11) is 0. The molecule has 0 bridgehead atoms. The molecule has 0 aliphatic rings. The van der Waals surface area contributed by atoms with E-state index in [-0.39, 0.29) is 0 Å². The maximum absolute atomic E-state index is 5.12. The molecule has 1 N–H and O–H groups in total. The topological polar surface area (TPSA) is 54.7 Å². The van der Waals surface area contributed by atoms with Crippen LogP contribution in [0.1, 0.15) is 0 Å². The van der Waals surface area contributed by atoms with Crippen molar-refractivity contribution in [1.82, 2.24) is 15.0 Å². The summed E-state index contributed by atoms with van der Waals surface area (Å²) in [5.41, 5.74) is 3.64. The molecule has 2 heterocycles. The Morgan fingerprint density at radius 1 is 0.850 bits per heavy atom. The SMILES string of the molecule is Sc1nc2ccccc2[nH]1.Sc1nc2ccccc2o1. The van der Waals surface area contributed by atoms with E-state index in [1.54, 1.807) is 0 Å². The van der Waals surface area contributed by atoms with E-state index in [1.165, 1.54) is 0 Å². The summed E-state index contributed by atoms with van der Waals surface area (Å²) < 4.78 is 5.12. The van der Waals surface area contributed by atoms with Crippen molar-refractivity contribution in [3.8, 4) is 0 Å². The summed E-state index contributed by atoms with van der Waals surface area (Å²) in [5, 5.41) is 1.09. The number of hydrogen-bond acceptors (Lipinski definition) is 5. The largest absolute Gasteiger partial charge is 0.432 e. The third-order valence-electron chi connectivity index (χ3n) is 2.66. The van der Waals surface area contributed by atoms with Crippen LogP contribution < -0.4 is 0 Å². The molecule has 0 saturated carbocycles. The monoisotopic (exact) mass is 301 g/mol. The Kier molecular flexibility index (Phi) is 3.66. The van der Waals surface area contributed by atoms with E-state index in [9.17, 15) is 0 Å². The molecule has 0 spiro atoms. The van der Waals surface area contributed by atoms with E-state index in [2.05, 4.69) is 40.2 Å². The highest BCUT2D eigenvalue weighted by Crippen LogP contribution is 2.16. The minimum absolute atomic E-state index is 0.418. The van der Waals surface area contributed by atoms with Gasteiger partial charge in [0.15, 0.2) is 10.7 Å². The van der Waals surface area contributed by atoms with E-state index in [0.29, 0.717) is 10.4 Å². The second-order valence-electron chi connectivity index (χ2n) is 4.04. The standard InChI is InChI=1S/C7H6N2S.C7H5NOS/c2*10-7-8-5-3-1-2-4-6(5)9-7/h1-4H,(H2,8,9,10);1-4H,(H,8,10). The molecule has 0 atom stereocenters. The van der Waals surface area contributed by atoms with Crippen molar-refractivity contribution < 1.29 is 4.42 Å². The molecule has 20 heavy (non-hydrogen) atoms. The van der Waals surface area contributed by atoms with Gasteiger partial charge in [-0.1, -0.05) is 36.9 Å². The molecular weight excluding hydrogens is 290 g/mol. The van der Waals surface area contributed by atoms with Gasteiger partial charge in [-0.15, -0.1) is 12.6 Å². The Balaban J connectivity index is 0.000000121. The third-order valence-corrected chi connectivity index (χ3v) is 3.06. The van der Waals surface area contributed by atoms with Crippen molar-refractivity contribution in [3.63, 3.8) is 0 Å². The lowest BCUT2D eigenvalue weighted by atomic mass is 10.3. The number of aromatic nitrogens is 3. The Labute approximate surface area is 126 Å². The fourth-order valence-electron chi connectivity index (χ4n) is 1.80. The number of aromatic amines is 1. The Hall–Kier alpha value is -1.92. The molecule has 6 heteroatoms. The lowest BCUT2D eigenvalue weighted by Gasteiger charge is -1.81. The molecule has 4 rings (SSSR count). The van der Waals surface area contributed by atoms with Crippen molar-refractivity contribution in [3.05, 3.63) is 48.5 Å². The highest BCUT2D eigenvalue weighted by molar-refractivity contribution is 7.80. The van der Waals surface area contributed by atoms with E-state index in [4.69, 9.17) is 4.42 Å². The van der Waals surface area contributed by atoms with E-state index in [1.807, 2.05) is 48.5 Å². The minimum Gasteiger partial charge on any atom is -0.432 e. The lowest BCUT2D eigenvalue weighted by Crippen LogP contribution is -1.63. The van der Waals surface area contributed by atoms with Gasteiger partial charge in [0.2, 0.25) is 0 Å². The minimum atomic E-state index is 0.418. The second-order valence-corrected chi connectivity index (χ2v) is 4.85. The smallest absolute Gasteiger partial charge is 0.253 e. The summed E-state index contributed by atoms with van der Waals surface area (Å²) in [4.78, 5) is 11.1. The van der Waals surface area contributed by atoms with E-state index in [0.717, 1.165) is 22.1 Å². The average Bonchev–Trinajstić information content (AvgIpc) is 2.99. The fourth-order valence-corrected chi connectivity index (χ4v) is 2.23. The van der Waals surface area contributed by atoms with Crippen LogP contribution >= 0.6 is 25.3 Å². The number of rotatable bonds is 0. The van der Waals surface area contributed by atoms with Crippen LogP contribution in [0.5, 0.6) is 0 Å². The molecule has 2 aromatic heterocycles. The normalized spacial score (nSPS) is 10.5. The molecule has 4 aromatic rings. The number of H-pyrrole nitrogens is 1. The van der Waals surface area contributed by atoms with Gasteiger partial charge in [0, 0.05) is 0 Å². The summed E-state index contributed by atoms with van der Waals surface area (Å²) in [6.45, 7) is 0. The van der Waals surface area contributed by atoms with Gasteiger partial charge in [0.1, 0.15) is 5.52 Å². The zero-order valence-electron chi connectivity index (χ0n) is 10.3. The number of hydrogen-bond donors (Lipinski definition) is 3. The van der Waals surface area contributed by atoms with Crippen LogP contribution in [0, 0.1) is 0 Å². The molecule has 2 aromatic carbocycles. The Bertz CT molecular complexity index is 716. The number of nitrogens with zero attached hydrogens (tertiary/aromatic N) is 2. The Morgan fingerprint density at radius 3 is 2.30 bits per heavy atom. The van der Waals surface area contributed by atoms with Crippen LogP contribution in [0.3, 0.4) is 0 Å². The van der Waals surface area contributed by atoms with Crippen molar-refractivity contribution in [2.45, 2.75) is 10.4 Å². The van der Waals surface area contributed by atoms with E-state index < -0.39 is 0 Å². The fraction of sp³-hybridized carbons (Fsp3) is 0. The first-order chi connectivity index (χ1) is 9.72. The zero-order valence-corrected chi connectivity index (χ0v) is 12.1. The maximum Gasteiger partial charge on any atom is 0.253 e. The number of para-hydroxylation sites is 4. The van der Waals surface area contributed by atoms with Gasteiger partial charge in [-0.05, 0) is 24.3 Å². The van der Waals surface area contributed by atoms with Crippen LogP contribution in [0.25, 0.3) is 22.1 Å². The predicted octanol–water partition coefficient (Wildman–Crippen LogP) is 3.97. The molecule has 0 amide bonds. The number of thiol groups is 2. The van der Waals surface area contributed by atoms with Crippen LogP contribution in [-0.2, 0) is 0 Å². The predicted molar refractivity (Wildman–Crippen MR) is 84.6 cm³/mol. The number of fused-ring (bicyclic) bond motifs is 2. The summed E-state index contributed by atoms with van der Waals surface area (Å²) in [6.07, 6.45) is 0. The van der Waals surface area contributed by atoms with Gasteiger partial charge >= 0.3 is 0 Å². The molecule has 100 valence electrons. The molecule has 0 aliphatic carbocycles. The quantitative estimate of drug-likeness (QED) is 0.431. The molecule has 0 radical (unpaired) electrons. The van der Waals surface area contributed by atoms with Gasteiger partial charge in [-0.2, -0.15) is 0 Å². The van der Waals surface area contributed by atoms with Crippen LogP contribution in [-0.4, -0.2) is 15.0 Å². The van der Waals surface area contributed by atoms with Gasteiger partial charge in [0.25, 0.3) is 5.22 Å². The maximum atomic E-state index is 5.12.